The van der Waals surface area contributed by atoms with Crippen LogP contribution in [-0.2, 0) is 14.3 Å². The Morgan fingerprint density at radius 2 is 1.95 bits per heavy atom. The molecule has 0 heterocycles. The molecule has 0 radical (unpaired) electrons. The summed E-state index contributed by atoms with van der Waals surface area (Å²) in [5.74, 6) is -1.61. The Balaban J connectivity index is 2.93. The first-order chi connectivity index (χ1) is 9.64. The van der Waals surface area contributed by atoms with E-state index in [4.69, 9.17) is 4.74 Å². The molecule has 0 bridgehead atoms. The summed E-state index contributed by atoms with van der Waals surface area (Å²) in [6, 6.07) is 3.38. The minimum atomic E-state index is -1.56. The Morgan fingerprint density at radius 3 is 2.48 bits per heavy atom. The van der Waals surface area contributed by atoms with Crippen molar-refractivity contribution >= 4 is 17.7 Å². The van der Waals surface area contributed by atoms with Gasteiger partial charge in [0, 0.05) is 0 Å². The fourth-order valence-corrected chi connectivity index (χ4v) is 1.47. The van der Waals surface area contributed by atoms with Crippen molar-refractivity contribution in [2.24, 2.45) is 0 Å². The van der Waals surface area contributed by atoms with Crippen LogP contribution in [0.15, 0.2) is 18.2 Å². The number of rotatable bonds is 3. The van der Waals surface area contributed by atoms with Gasteiger partial charge in [-0.2, -0.15) is 0 Å². The molecule has 0 aliphatic rings. The third kappa shape index (κ3) is 5.03. The van der Waals surface area contributed by atoms with Gasteiger partial charge < -0.3 is 14.6 Å². The number of carbonyl (C=O) groups is 2. The molecular weight excluding hydrogens is 281 g/mol. The third-order valence-corrected chi connectivity index (χ3v) is 2.37. The smallest absolute Gasteiger partial charge is 0.412 e. The lowest BCUT2D eigenvalue weighted by Gasteiger charge is -2.20. The van der Waals surface area contributed by atoms with E-state index >= 15 is 0 Å². The van der Waals surface area contributed by atoms with Crippen LogP contribution in [-0.4, -0.2) is 29.9 Å². The average molecular weight is 299 g/mol. The van der Waals surface area contributed by atoms with Crippen molar-refractivity contribution in [1.29, 1.82) is 0 Å². The molecule has 0 saturated heterocycles. The summed E-state index contributed by atoms with van der Waals surface area (Å²) in [6.45, 7) is 5.00. The van der Waals surface area contributed by atoms with Crippen molar-refractivity contribution < 1.29 is 28.6 Å². The first kappa shape index (κ1) is 16.9. The molecule has 0 fully saturated rings. The van der Waals surface area contributed by atoms with E-state index in [1.807, 2.05) is 0 Å². The molecule has 0 aromatic heterocycles. The number of esters is 1. The Kier molecular flexibility index (Phi) is 5.26. The molecule has 1 amide bonds. The van der Waals surface area contributed by atoms with E-state index in [2.05, 4.69) is 10.1 Å². The van der Waals surface area contributed by atoms with E-state index in [1.54, 1.807) is 20.8 Å². The summed E-state index contributed by atoms with van der Waals surface area (Å²) in [7, 11) is 1.12. The van der Waals surface area contributed by atoms with Crippen LogP contribution in [0.1, 0.15) is 32.4 Å². The van der Waals surface area contributed by atoms with E-state index in [9.17, 15) is 19.1 Å². The molecule has 0 spiro atoms. The molecule has 0 aliphatic heterocycles. The van der Waals surface area contributed by atoms with Gasteiger partial charge >= 0.3 is 12.1 Å². The van der Waals surface area contributed by atoms with Gasteiger partial charge in [-0.1, -0.05) is 6.07 Å². The Hall–Kier alpha value is -2.15. The van der Waals surface area contributed by atoms with Crippen LogP contribution in [0.25, 0.3) is 0 Å². The summed E-state index contributed by atoms with van der Waals surface area (Å²) < 4.78 is 23.0. The second-order valence-electron chi connectivity index (χ2n) is 5.29. The van der Waals surface area contributed by atoms with Gasteiger partial charge in [-0.05, 0) is 38.5 Å². The number of nitrogens with one attached hydrogen (secondary N) is 1. The predicted molar refractivity (Wildman–Crippen MR) is 73.2 cm³/mol. The highest BCUT2D eigenvalue weighted by Gasteiger charge is 2.21. The number of aliphatic hydroxyl groups excluding tert-OH is 1. The number of halogens is 1. The fourth-order valence-electron chi connectivity index (χ4n) is 1.47. The second kappa shape index (κ2) is 6.53. The minimum Gasteiger partial charge on any atom is -0.467 e. The molecule has 1 rings (SSSR count). The molecule has 1 aromatic rings. The van der Waals surface area contributed by atoms with Gasteiger partial charge in [0.05, 0.1) is 12.8 Å². The molecule has 1 unspecified atom stereocenters. The van der Waals surface area contributed by atoms with E-state index in [1.165, 1.54) is 6.07 Å². The van der Waals surface area contributed by atoms with Crippen molar-refractivity contribution in [3.8, 4) is 0 Å². The van der Waals surface area contributed by atoms with Crippen molar-refractivity contribution in [1.82, 2.24) is 0 Å². The van der Waals surface area contributed by atoms with Crippen molar-refractivity contribution in [3.63, 3.8) is 0 Å². The molecule has 1 aromatic carbocycles. The number of anilines is 1. The maximum Gasteiger partial charge on any atom is 0.412 e. The quantitative estimate of drug-likeness (QED) is 0.837. The molecule has 2 N–H and O–H groups in total. The van der Waals surface area contributed by atoms with Crippen molar-refractivity contribution in [2.75, 3.05) is 12.4 Å². The molecule has 7 heteroatoms. The Bertz CT molecular complexity index is 539. The number of carbonyl (C=O) groups excluding carboxylic acids is 2. The van der Waals surface area contributed by atoms with Crippen molar-refractivity contribution in [3.05, 3.63) is 29.6 Å². The van der Waals surface area contributed by atoms with Gasteiger partial charge in [0.2, 0.25) is 0 Å². The van der Waals surface area contributed by atoms with E-state index in [0.717, 1.165) is 19.2 Å². The summed E-state index contributed by atoms with van der Waals surface area (Å²) in [4.78, 5) is 22.8. The van der Waals surface area contributed by atoms with Gasteiger partial charge in [-0.25, -0.2) is 14.0 Å². The van der Waals surface area contributed by atoms with Crippen LogP contribution in [0.2, 0.25) is 0 Å². The van der Waals surface area contributed by atoms with Crippen LogP contribution in [0, 0.1) is 5.82 Å². The van der Waals surface area contributed by atoms with Crippen molar-refractivity contribution in [2.45, 2.75) is 32.5 Å². The monoisotopic (exact) mass is 299 g/mol. The zero-order chi connectivity index (χ0) is 16.2. The first-order valence-corrected chi connectivity index (χ1v) is 6.19. The molecule has 0 aliphatic carbocycles. The highest BCUT2D eigenvalue weighted by atomic mass is 19.1. The van der Waals surface area contributed by atoms with E-state index in [-0.39, 0.29) is 11.3 Å². The van der Waals surface area contributed by atoms with Gasteiger partial charge in [-0.3, -0.25) is 5.32 Å². The highest BCUT2D eigenvalue weighted by Crippen LogP contribution is 2.22. The molecular formula is C14H18FNO5. The number of benzene rings is 1. The summed E-state index contributed by atoms with van der Waals surface area (Å²) in [6.07, 6.45) is -2.40. The molecule has 21 heavy (non-hydrogen) atoms. The zero-order valence-electron chi connectivity index (χ0n) is 12.3. The van der Waals surface area contributed by atoms with Crippen LogP contribution in [0.5, 0.6) is 0 Å². The van der Waals surface area contributed by atoms with Crippen LogP contribution in [0.4, 0.5) is 14.9 Å². The normalized spacial score (nSPS) is 12.5. The lowest BCUT2D eigenvalue weighted by molar-refractivity contribution is -0.150. The topological polar surface area (TPSA) is 84.9 Å². The van der Waals surface area contributed by atoms with Gasteiger partial charge in [0.25, 0.3) is 0 Å². The number of amides is 1. The Morgan fingerprint density at radius 1 is 1.33 bits per heavy atom. The van der Waals surface area contributed by atoms with Gasteiger partial charge in [0.1, 0.15) is 11.4 Å². The van der Waals surface area contributed by atoms with E-state index < -0.39 is 29.6 Å². The van der Waals surface area contributed by atoms with Gasteiger partial charge in [-0.15, -0.1) is 0 Å². The van der Waals surface area contributed by atoms with E-state index in [0.29, 0.717) is 0 Å². The number of hydrogen-bond donors (Lipinski definition) is 2. The second-order valence-corrected chi connectivity index (χ2v) is 5.29. The lowest BCUT2D eigenvalue weighted by Crippen LogP contribution is -2.27. The van der Waals surface area contributed by atoms with Crippen LogP contribution >= 0.6 is 0 Å². The number of hydrogen-bond acceptors (Lipinski definition) is 5. The fraction of sp³-hybridized carbons (Fsp3) is 0.429. The summed E-state index contributed by atoms with van der Waals surface area (Å²) in [5, 5.41) is 11.9. The lowest BCUT2D eigenvalue weighted by atomic mass is 10.1. The molecule has 1 atom stereocenters. The largest absolute Gasteiger partial charge is 0.467 e. The standard InChI is InChI=1S/C14H18FNO5/c1-14(2,3)21-13(19)16-10-7-8(5-6-9(10)15)11(17)12(18)20-4/h5-7,11,17H,1-4H3,(H,16,19). The number of ether oxygens (including phenoxy) is 2. The number of aliphatic hydroxyl groups is 1. The molecule has 6 nitrogen and oxygen atoms in total. The zero-order valence-corrected chi connectivity index (χ0v) is 12.3. The highest BCUT2D eigenvalue weighted by molar-refractivity contribution is 5.85. The van der Waals surface area contributed by atoms with Gasteiger partial charge in [0.15, 0.2) is 6.10 Å². The summed E-state index contributed by atoms with van der Waals surface area (Å²) in [5.41, 5.74) is -0.844. The predicted octanol–water partition coefficient (Wildman–Crippen LogP) is 2.38. The molecule has 0 saturated carbocycles. The first-order valence-electron chi connectivity index (χ1n) is 6.19. The molecule has 116 valence electrons. The summed E-state index contributed by atoms with van der Waals surface area (Å²) >= 11 is 0. The van der Waals surface area contributed by atoms with Crippen LogP contribution in [0.3, 0.4) is 0 Å². The van der Waals surface area contributed by atoms with Crippen LogP contribution < -0.4 is 5.32 Å². The Labute approximate surface area is 121 Å². The number of methoxy groups -OCH3 is 1. The maximum absolute atomic E-state index is 13.6. The third-order valence-electron chi connectivity index (χ3n) is 2.37. The maximum atomic E-state index is 13.6. The SMILES string of the molecule is COC(=O)C(O)c1ccc(F)c(NC(=O)OC(C)(C)C)c1. The average Bonchev–Trinajstić information content (AvgIpc) is 2.37. The minimum absolute atomic E-state index is 0.0920.